The fourth-order valence-electron chi connectivity index (χ4n) is 5.86. The van der Waals surface area contributed by atoms with Crippen LogP contribution in [-0.2, 0) is 26.4 Å². The summed E-state index contributed by atoms with van der Waals surface area (Å²) in [5.74, 6) is 2.28. The van der Waals surface area contributed by atoms with Gasteiger partial charge in [-0.1, -0.05) is 127 Å². The molecule has 3 atom stereocenters. The first-order chi connectivity index (χ1) is 24.6. The van der Waals surface area contributed by atoms with E-state index in [9.17, 15) is 10.2 Å². The van der Waals surface area contributed by atoms with Crippen molar-refractivity contribution in [2.45, 2.75) is 44.7 Å². The molecule has 0 spiro atoms. The highest BCUT2D eigenvalue weighted by Crippen LogP contribution is 2.48. The molecule has 6 aromatic rings. The van der Waals surface area contributed by atoms with Crippen molar-refractivity contribution in [3.8, 4) is 28.7 Å². The van der Waals surface area contributed by atoms with Crippen LogP contribution in [-0.4, -0.2) is 16.3 Å². The topological polar surface area (TPSA) is 86.6 Å². The summed E-state index contributed by atoms with van der Waals surface area (Å²) in [6, 6.07) is 48.3. The molecular formula is C43H38O7. The van der Waals surface area contributed by atoms with E-state index in [4.69, 9.17) is 23.7 Å². The first kappa shape index (κ1) is 32.8. The summed E-state index contributed by atoms with van der Waals surface area (Å²) in [6.07, 6.45) is -3.54. The zero-order valence-corrected chi connectivity index (χ0v) is 27.4. The van der Waals surface area contributed by atoms with E-state index in [1.165, 1.54) is 0 Å². The van der Waals surface area contributed by atoms with Crippen molar-refractivity contribution in [2.24, 2.45) is 0 Å². The van der Waals surface area contributed by atoms with Crippen LogP contribution < -0.4 is 23.7 Å². The van der Waals surface area contributed by atoms with Gasteiger partial charge in [-0.3, -0.25) is 0 Å². The zero-order valence-electron chi connectivity index (χ0n) is 27.4. The van der Waals surface area contributed by atoms with Gasteiger partial charge in [0.05, 0.1) is 5.56 Å². The largest absolute Gasteiger partial charge is 0.489 e. The van der Waals surface area contributed by atoms with E-state index in [0.717, 1.165) is 22.3 Å². The van der Waals surface area contributed by atoms with Gasteiger partial charge in [0, 0.05) is 12.1 Å². The highest BCUT2D eigenvalue weighted by atomic mass is 16.5. The normalized spacial score (nSPS) is 16.5. The van der Waals surface area contributed by atoms with Gasteiger partial charge >= 0.3 is 0 Å². The number of benzene rings is 6. The summed E-state index contributed by atoms with van der Waals surface area (Å²) in [6.45, 7) is 1.26. The van der Waals surface area contributed by atoms with Crippen LogP contribution in [0.15, 0.2) is 152 Å². The number of aliphatic hydroxyl groups is 2. The second-order valence-corrected chi connectivity index (χ2v) is 12.1. The van der Waals surface area contributed by atoms with Crippen LogP contribution in [0, 0.1) is 0 Å². The number of fused-ring (bicyclic) bond motifs is 1. The highest BCUT2D eigenvalue weighted by molar-refractivity contribution is 5.55. The van der Waals surface area contributed by atoms with Crippen LogP contribution in [0.1, 0.15) is 45.6 Å². The third-order valence-corrected chi connectivity index (χ3v) is 8.52. The summed E-state index contributed by atoms with van der Waals surface area (Å²) in [7, 11) is 0. The lowest BCUT2D eigenvalue weighted by molar-refractivity contribution is -0.0714. The van der Waals surface area contributed by atoms with E-state index >= 15 is 0 Å². The van der Waals surface area contributed by atoms with Gasteiger partial charge in [0.2, 0.25) is 0 Å². The Bertz CT molecular complexity index is 1970. The fourth-order valence-corrected chi connectivity index (χ4v) is 5.86. The van der Waals surface area contributed by atoms with E-state index in [1.807, 2.05) is 133 Å². The third-order valence-electron chi connectivity index (χ3n) is 8.52. The van der Waals surface area contributed by atoms with Gasteiger partial charge in [-0.2, -0.15) is 0 Å². The Balaban J connectivity index is 1.19. The monoisotopic (exact) mass is 666 g/mol. The Kier molecular flexibility index (Phi) is 10.2. The molecule has 7 nitrogen and oxygen atoms in total. The molecule has 0 amide bonds. The first-order valence-corrected chi connectivity index (χ1v) is 16.6. The molecule has 6 aromatic carbocycles. The van der Waals surface area contributed by atoms with E-state index in [0.29, 0.717) is 59.7 Å². The molecule has 0 fully saturated rings. The zero-order chi connectivity index (χ0) is 34.1. The van der Waals surface area contributed by atoms with E-state index in [1.54, 1.807) is 18.2 Å². The number of rotatable bonds is 13. The van der Waals surface area contributed by atoms with Crippen LogP contribution in [0.5, 0.6) is 28.7 Å². The Hall–Kier alpha value is -5.76. The minimum absolute atomic E-state index is 0.258. The van der Waals surface area contributed by atoms with E-state index in [2.05, 4.69) is 0 Å². The molecule has 7 heteroatoms. The summed E-state index contributed by atoms with van der Waals surface area (Å²) >= 11 is 0. The average molecular weight is 667 g/mol. The summed E-state index contributed by atoms with van der Waals surface area (Å²) in [4.78, 5) is 0. The number of hydrogen-bond acceptors (Lipinski definition) is 7. The van der Waals surface area contributed by atoms with Crippen molar-refractivity contribution < 1.29 is 33.9 Å². The summed E-state index contributed by atoms with van der Waals surface area (Å²) in [5.41, 5.74) is 4.95. The van der Waals surface area contributed by atoms with Crippen LogP contribution in [0.3, 0.4) is 0 Å². The molecule has 0 unspecified atom stereocenters. The van der Waals surface area contributed by atoms with Crippen LogP contribution in [0.25, 0.3) is 0 Å². The Labute approximate surface area is 291 Å². The third kappa shape index (κ3) is 7.92. The second-order valence-electron chi connectivity index (χ2n) is 12.1. The number of ether oxygens (including phenoxy) is 5. The molecule has 1 aliphatic rings. The van der Waals surface area contributed by atoms with E-state index in [-0.39, 0.29) is 6.61 Å². The SMILES string of the molecule is O[C@@H]1[C@H](O)c2c(OCc3ccccc3)cc(OCc3ccccc3)cc2O[C@H]1c1ccc(OCc2ccccc2)c(OCc2ccccc2)c1. The number of aliphatic hydroxyl groups excluding tert-OH is 2. The molecule has 252 valence electrons. The maximum atomic E-state index is 11.6. The maximum absolute atomic E-state index is 11.6. The standard InChI is InChI=1S/C43H38O7/c44-41-40-38(49-29-33-19-11-4-12-20-33)24-35(46-26-30-13-5-1-6-14-30)25-39(40)50-43(42(41)45)34-21-22-36(47-27-31-15-7-2-8-16-31)37(23-34)48-28-32-17-9-3-10-18-32/h1-25,41-45H,26-29H2/t41-,42-,43+/m1/s1. The lowest BCUT2D eigenvalue weighted by atomic mass is 9.91. The van der Waals surface area contributed by atoms with E-state index < -0.39 is 18.3 Å². The molecule has 0 saturated heterocycles. The van der Waals surface area contributed by atoms with Crippen molar-refractivity contribution in [1.29, 1.82) is 0 Å². The lowest BCUT2D eigenvalue weighted by Gasteiger charge is -2.36. The Morgan fingerprint density at radius 2 is 0.920 bits per heavy atom. The fraction of sp³-hybridized carbons (Fsp3) is 0.163. The van der Waals surface area contributed by atoms with Gasteiger partial charge in [0.25, 0.3) is 0 Å². The first-order valence-electron chi connectivity index (χ1n) is 16.6. The van der Waals surface area contributed by atoms with Crippen molar-refractivity contribution in [2.75, 3.05) is 0 Å². The molecule has 0 aliphatic carbocycles. The van der Waals surface area contributed by atoms with Gasteiger partial charge in [-0.25, -0.2) is 0 Å². The smallest absolute Gasteiger partial charge is 0.162 e. The lowest BCUT2D eigenvalue weighted by Crippen LogP contribution is -2.34. The molecule has 0 radical (unpaired) electrons. The average Bonchev–Trinajstić information content (AvgIpc) is 3.17. The molecule has 0 saturated carbocycles. The molecule has 0 bridgehead atoms. The number of hydrogen-bond donors (Lipinski definition) is 2. The molecule has 1 aliphatic heterocycles. The molecule has 7 rings (SSSR count). The van der Waals surface area contributed by atoms with Crippen molar-refractivity contribution in [3.63, 3.8) is 0 Å². The van der Waals surface area contributed by atoms with Crippen molar-refractivity contribution in [3.05, 3.63) is 185 Å². The highest BCUT2D eigenvalue weighted by Gasteiger charge is 2.40. The second kappa shape index (κ2) is 15.6. The van der Waals surface area contributed by atoms with Gasteiger partial charge in [-0.05, 0) is 39.9 Å². The van der Waals surface area contributed by atoms with Crippen molar-refractivity contribution in [1.82, 2.24) is 0 Å². The molecule has 2 N–H and O–H groups in total. The van der Waals surface area contributed by atoms with Gasteiger partial charge in [0.1, 0.15) is 55.9 Å². The van der Waals surface area contributed by atoms with Gasteiger partial charge < -0.3 is 33.9 Å². The van der Waals surface area contributed by atoms with Crippen LogP contribution in [0.2, 0.25) is 0 Å². The maximum Gasteiger partial charge on any atom is 0.162 e. The summed E-state index contributed by atoms with van der Waals surface area (Å²) < 4.78 is 31.4. The Morgan fingerprint density at radius 3 is 1.44 bits per heavy atom. The molecule has 0 aromatic heterocycles. The van der Waals surface area contributed by atoms with Gasteiger partial charge in [0.15, 0.2) is 17.6 Å². The Morgan fingerprint density at radius 1 is 0.460 bits per heavy atom. The minimum atomic E-state index is -1.31. The quantitative estimate of drug-likeness (QED) is 0.128. The molecule has 50 heavy (non-hydrogen) atoms. The molecule has 1 heterocycles. The van der Waals surface area contributed by atoms with Gasteiger partial charge in [-0.15, -0.1) is 0 Å². The predicted molar refractivity (Wildman–Crippen MR) is 190 cm³/mol. The predicted octanol–water partition coefficient (Wildman–Crippen LogP) is 8.53. The van der Waals surface area contributed by atoms with Crippen LogP contribution >= 0.6 is 0 Å². The summed E-state index contributed by atoms with van der Waals surface area (Å²) in [5, 5.41) is 23.2. The van der Waals surface area contributed by atoms with Crippen LogP contribution in [0.4, 0.5) is 0 Å². The van der Waals surface area contributed by atoms with Crippen molar-refractivity contribution >= 4 is 0 Å². The minimum Gasteiger partial charge on any atom is -0.489 e. The molecular weight excluding hydrogens is 628 g/mol.